The molecule has 4 rings (SSSR count). The van der Waals surface area contributed by atoms with Crippen LogP contribution in [0, 0.1) is 0 Å². The molecule has 3 aromatic carbocycles. The van der Waals surface area contributed by atoms with Crippen molar-refractivity contribution >= 4 is 23.1 Å². The molecular formula is C25H23N2OS+. The number of nitrogens with zero attached hydrogens (tertiary/aromatic N) is 1. The zero-order valence-electron chi connectivity index (χ0n) is 16.5. The van der Waals surface area contributed by atoms with E-state index in [0.29, 0.717) is 0 Å². The number of rotatable bonds is 6. The van der Waals surface area contributed by atoms with Crippen molar-refractivity contribution in [3.8, 4) is 22.7 Å². The van der Waals surface area contributed by atoms with Crippen LogP contribution in [0.4, 0.5) is 5.69 Å². The first-order chi connectivity index (χ1) is 14.2. The van der Waals surface area contributed by atoms with Crippen LogP contribution in [0.25, 0.3) is 23.0 Å². The second-order valence-corrected chi connectivity index (χ2v) is 7.57. The quantitative estimate of drug-likeness (QED) is 0.392. The summed E-state index contributed by atoms with van der Waals surface area (Å²) in [6.07, 6.45) is 2.19. The maximum absolute atomic E-state index is 5.24. The summed E-state index contributed by atoms with van der Waals surface area (Å²) < 4.78 is 7.54. The fourth-order valence-electron chi connectivity index (χ4n) is 3.21. The fraction of sp³-hybridized carbons (Fsp3) is 0.0800. The largest absolute Gasteiger partial charge is 0.497 e. The van der Waals surface area contributed by atoms with Crippen molar-refractivity contribution in [2.45, 2.75) is 6.92 Å². The minimum absolute atomic E-state index is 0.852. The van der Waals surface area contributed by atoms with Crippen LogP contribution in [0.15, 0.2) is 96.0 Å². The molecule has 0 radical (unpaired) electrons. The summed E-state index contributed by atoms with van der Waals surface area (Å²) in [6, 6.07) is 28.9. The molecule has 0 amide bonds. The molecule has 0 aliphatic heterocycles. The van der Waals surface area contributed by atoms with Gasteiger partial charge in [0.1, 0.15) is 5.75 Å². The summed E-state index contributed by atoms with van der Waals surface area (Å²) >= 11 is 1.74. The molecule has 0 saturated carbocycles. The summed E-state index contributed by atoms with van der Waals surface area (Å²) in [7, 11) is 1.68. The molecule has 0 aliphatic carbocycles. The molecule has 144 valence electrons. The zero-order chi connectivity index (χ0) is 20.1. The Balaban J connectivity index is 1.71. The normalized spacial score (nSPS) is 11.3. The van der Waals surface area contributed by atoms with Gasteiger partial charge < -0.3 is 10.1 Å². The van der Waals surface area contributed by atoms with Crippen LogP contribution in [-0.2, 0) is 0 Å². The number of allylic oxidation sites excluding steroid dienone is 1. The van der Waals surface area contributed by atoms with Gasteiger partial charge in [-0.05, 0) is 43.3 Å². The van der Waals surface area contributed by atoms with Crippen molar-refractivity contribution in [1.29, 1.82) is 0 Å². The summed E-state index contributed by atoms with van der Waals surface area (Å²) in [5.41, 5.74) is 5.64. The molecule has 29 heavy (non-hydrogen) atoms. The lowest BCUT2D eigenvalue weighted by atomic mass is 10.1. The van der Waals surface area contributed by atoms with Crippen LogP contribution in [-0.4, -0.2) is 7.11 Å². The molecule has 1 aromatic heterocycles. The number of benzene rings is 3. The summed E-state index contributed by atoms with van der Waals surface area (Å²) in [4.78, 5) is 0. The molecule has 0 bridgehead atoms. The average Bonchev–Trinajstić information content (AvgIpc) is 3.19. The van der Waals surface area contributed by atoms with E-state index >= 15 is 0 Å². The van der Waals surface area contributed by atoms with Gasteiger partial charge >= 0.3 is 0 Å². The topological polar surface area (TPSA) is 25.1 Å². The molecule has 0 spiro atoms. The van der Waals surface area contributed by atoms with Crippen LogP contribution >= 0.6 is 11.3 Å². The third-order valence-electron chi connectivity index (χ3n) is 4.61. The molecule has 4 heteroatoms. The number of anilines is 1. The number of hydrogen-bond donors (Lipinski definition) is 1. The number of hydrogen-bond acceptors (Lipinski definition) is 3. The number of aromatic nitrogens is 1. The van der Waals surface area contributed by atoms with Crippen molar-refractivity contribution < 1.29 is 9.30 Å². The first-order valence-corrected chi connectivity index (χ1v) is 10.4. The number of nitrogens with one attached hydrogen (secondary N) is 1. The van der Waals surface area contributed by atoms with Crippen LogP contribution in [0.1, 0.15) is 11.9 Å². The molecule has 1 heterocycles. The minimum atomic E-state index is 0.852. The van der Waals surface area contributed by atoms with E-state index in [1.807, 2.05) is 36.4 Å². The third-order valence-corrected chi connectivity index (χ3v) is 5.49. The van der Waals surface area contributed by atoms with Crippen LogP contribution in [0.2, 0.25) is 0 Å². The summed E-state index contributed by atoms with van der Waals surface area (Å²) in [5, 5.41) is 6.85. The monoisotopic (exact) mass is 399 g/mol. The number of thiazole rings is 1. The van der Waals surface area contributed by atoms with Crippen molar-refractivity contribution in [2.75, 3.05) is 12.4 Å². The lowest BCUT2D eigenvalue weighted by Gasteiger charge is -2.07. The Morgan fingerprint density at radius 3 is 2.21 bits per heavy atom. The Labute approximate surface area is 175 Å². The maximum atomic E-state index is 5.24. The van der Waals surface area contributed by atoms with E-state index in [4.69, 9.17) is 4.74 Å². The van der Waals surface area contributed by atoms with Gasteiger partial charge in [-0.3, -0.25) is 0 Å². The molecule has 0 atom stereocenters. The van der Waals surface area contributed by atoms with E-state index in [-0.39, 0.29) is 0 Å². The Hall–Kier alpha value is -3.37. The highest BCUT2D eigenvalue weighted by Crippen LogP contribution is 2.24. The predicted molar refractivity (Wildman–Crippen MR) is 122 cm³/mol. The van der Waals surface area contributed by atoms with Crippen molar-refractivity contribution in [2.24, 2.45) is 0 Å². The second-order valence-electron chi connectivity index (χ2n) is 6.68. The SMILES string of the molecule is COc1ccc(N/C(C)=C/c2scc(-c3ccccc3)[n+]2-c2ccccc2)cc1. The number of methoxy groups -OCH3 is 1. The van der Waals surface area contributed by atoms with Gasteiger partial charge in [0.15, 0.2) is 0 Å². The van der Waals surface area contributed by atoms with Gasteiger partial charge in [0.05, 0.1) is 12.5 Å². The van der Waals surface area contributed by atoms with E-state index < -0.39 is 0 Å². The first kappa shape index (κ1) is 19.0. The maximum Gasteiger partial charge on any atom is 0.269 e. The first-order valence-electron chi connectivity index (χ1n) is 9.48. The lowest BCUT2D eigenvalue weighted by molar-refractivity contribution is -0.580. The molecule has 1 N–H and O–H groups in total. The highest BCUT2D eigenvalue weighted by atomic mass is 32.1. The van der Waals surface area contributed by atoms with Crippen LogP contribution in [0.3, 0.4) is 0 Å². The average molecular weight is 400 g/mol. The second kappa shape index (κ2) is 8.76. The van der Waals surface area contributed by atoms with Crippen molar-refractivity contribution in [3.63, 3.8) is 0 Å². The van der Waals surface area contributed by atoms with Crippen LogP contribution in [0.5, 0.6) is 5.75 Å². The van der Waals surface area contributed by atoms with Gasteiger partial charge in [-0.25, -0.2) is 0 Å². The minimum Gasteiger partial charge on any atom is -0.497 e. The highest BCUT2D eigenvalue weighted by molar-refractivity contribution is 7.10. The molecule has 0 fully saturated rings. The van der Waals surface area contributed by atoms with Gasteiger partial charge in [-0.1, -0.05) is 47.7 Å². The molecule has 0 saturated heterocycles. The molecular weight excluding hydrogens is 376 g/mol. The molecule has 0 aliphatic rings. The van der Waals surface area contributed by atoms with Gasteiger partial charge in [-0.15, -0.1) is 4.57 Å². The van der Waals surface area contributed by atoms with E-state index in [0.717, 1.165) is 27.8 Å². The number of para-hydroxylation sites is 1. The highest BCUT2D eigenvalue weighted by Gasteiger charge is 2.22. The predicted octanol–water partition coefficient (Wildman–Crippen LogP) is 6.17. The Morgan fingerprint density at radius 2 is 1.55 bits per heavy atom. The van der Waals surface area contributed by atoms with E-state index in [1.54, 1.807) is 18.4 Å². The summed E-state index contributed by atoms with van der Waals surface area (Å²) in [6.45, 7) is 2.08. The third kappa shape index (κ3) is 4.39. The Morgan fingerprint density at radius 1 is 0.897 bits per heavy atom. The van der Waals surface area contributed by atoms with E-state index in [1.165, 1.54) is 11.3 Å². The van der Waals surface area contributed by atoms with Crippen molar-refractivity contribution in [3.05, 3.63) is 101 Å². The smallest absolute Gasteiger partial charge is 0.269 e. The summed E-state index contributed by atoms with van der Waals surface area (Å²) in [5.74, 6) is 0.852. The zero-order valence-corrected chi connectivity index (χ0v) is 17.3. The Kier molecular flexibility index (Phi) is 5.73. The standard InChI is InChI=1S/C25H22N2OS/c1-19(26-21-13-15-23(28-2)16-14-21)17-25-27(22-11-7-4-8-12-22)24(18-29-25)20-9-5-3-6-10-20/h3-18H,1-2H3/p+1. The van der Waals surface area contributed by atoms with Gasteiger partial charge in [-0.2, -0.15) is 0 Å². The van der Waals surface area contributed by atoms with Gasteiger partial charge in [0, 0.05) is 35.2 Å². The lowest BCUT2D eigenvalue weighted by Crippen LogP contribution is -2.33. The van der Waals surface area contributed by atoms with Gasteiger partial charge in [0.2, 0.25) is 11.4 Å². The molecule has 0 unspecified atom stereocenters. The molecule has 4 aromatic rings. The van der Waals surface area contributed by atoms with E-state index in [2.05, 4.69) is 76.8 Å². The number of ether oxygens (including phenoxy) is 1. The van der Waals surface area contributed by atoms with Gasteiger partial charge in [0.25, 0.3) is 5.01 Å². The van der Waals surface area contributed by atoms with Crippen LogP contribution < -0.4 is 14.6 Å². The molecule has 3 nitrogen and oxygen atoms in total. The fourth-order valence-corrected chi connectivity index (χ4v) is 4.24. The van der Waals surface area contributed by atoms with E-state index in [9.17, 15) is 0 Å². The van der Waals surface area contributed by atoms with Crippen molar-refractivity contribution in [1.82, 2.24) is 0 Å². The Bertz CT molecular complexity index is 1100.